The highest BCUT2D eigenvalue weighted by molar-refractivity contribution is 7.09. The summed E-state index contributed by atoms with van der Waals surface area (Å²) in [5.41, 5.74) is -0.488. The van der Waals surface area contributed by atoms with Crippen LogP contribution in [0.25, 0.3) is 5.82 Å². The van der Waals surface area contributed by atoms with Gasteiger partial charge in [0, 0.05) is 11.1 Å². The second-order valence-corrected chi connectivity index (χ2v) is 6.92. The van der Waals surface area contributed by atoms with Gasteiger partial charge in [0.1, 0.15) is 5.56 Å². The number of nitrogens with zero attached hydrogens (tertiary/aromatic N) is 3. The number of alkyl halides is 3. The van der Waals surface area contributed by atoms with Gasteiger partial charge in [-0.05, 0) is 30.5 Å². The van der Waals surface area contributed by atoms with E-state index in [9.17, 15) is 22.8 Å². The van der Waals surface area contributed by atoms with Crippen molar-refractivity contribution >= 4 is 23.2 Å². The zero-order valence-electron chi connectivity index (χ0n) is 15.1. The van der Waals surface area contributed by atoms with Crippen molar-refractivity contribution in [2.75, 3.05) is 6.61 Å². The minimum Gasteiger partial charge on any atom is -0.452 e. The summed E-state index contributed by atoms with van der Waals surface area (Å²) >= 11 is 1.49. The van der Waals surface area contributed by atoms with Gasteiger partial charge in [-0.2, -0.15) is 18.3 Å². The molecule has 0 radical (unpaired) electrons. The first-order chi connectivity index (χ1) is 13.8. The molecular weight excluding hydrogens is 409 g/mol. The van der Waals surface area contributed by atoms with Crippen LogP contribution in [0, 0.1) is 6.92 Å². The molecule has 0 atom stereocenters. The molecular formula is C18H15F3N4O3S. The van der Waals surface area contributed by atoms with E-state index in [0.717, 1.165) is 17.0 Å². The van der Waals surface area contributed by atoms with Crippen molar-refractivity contribution in [3.8, 4) is 5.82 Å². The van der Waals surface area contributed by atoms with Gasteiger partial charge in [0.15, 0.2) is 12.4 Å². The van der Waals surface area contributed by atoms with Crippen molar-refractivity contribution in [2.45, 2.75) is 19.6 Å². The summed E-state index contributed by atoms with van der Waals surface area (Å²) in [7, 11) is 0. The van der Waals surface area contributed by atoms with Crippen molar-refractivity contribution in [1.82, 2.24) is 20.1 Å². The van der Waals surface area contributed by atoms with Crippen molar-refractivity contribution in [1.29, 1.82) is 0 Å². The largest absolute Gasteiger partial charge is 0.452 e. The van der Waals surface area contributed by atoms with Crippen molar-refractivity contribution < 1.29 is 27.5 Å². The first-order valence-electron chi connectivity index (χ1n) is 8.30. The fourth-order valence-corrected chi connectivity index (χ4v) is 3.02. The van der Waals surface area contributed by atoms with Gasteiger partial charge in [-0.15, -0.1) is 11.3 Å². The molecule has 0 spiro atoms. The number of amides is 1. The van der Waals surface area contributed by atoms with Gasteiger partial charge < -0.3 is 10.1 Å². The lowest BCUT2D eigenvalue weighted by Crippen LogP contribution is -2.28. The van der Waals surface area contributed by atoms with Gasteiger partial charge in [-0.1, -0.05) is 6.07 Å². The number of aromatic nitrogens is 3. The topological polar surface area (TPSA) is 86.1 Å². The molecule has 0 saturated heterocycles. The Hall–Kier alpha value is -3.21. The number of thiophene rings is 1. The summed E-state index contributed by atoms with van der Waals surface area (Å²) in [5, 5.41) is 8.48. The molecule has 3 rings (SSSR count). The van der Waals surface area contributed by atoms with Crippen LogP contribution in [0.1, 0.15) is 26.5 Å². The lowest BCUT2D eigenvalue weighted by Gasteiger charge is -2.08. The van der Waals surface area contributed by atoms with E-state index >= 15 is 0 Å². The van der Waals surface area contributed by atoms with Crippen molar-refractivity contribution in [3.05, 3.63) is 63.7 Å². The fourth-order valence-electron chi connectivity index (χ4n) is 2.38. The molecule has 0 aliphatic carbocycles. The molecule has 1 N–H and O–H groups in total. The Morgan fingerprint density at radius 3 is 2.66 bits per heavy atom. The molecule has 29 heavy (non-hydrogen) atoms. The number of carbonyl (C=O) groups excluding carboxylic acids is 2. The molecule has 3 aromatic heterocycles. The Bertz CT molecular complexity index is 999. The maximum absolute atomic E-state index is 12.6. The molecule has 0 fully saturated rings. The molecule has 0 unspecified atom stereocenters. The van der Waals surface area contributed by atoms with E-state index in [1.807, 2.05) is 17.5 Å². The van der Waals surface area contributed by atoms with E-state index in [-0.39, 0.29) is 11.4 Å². The number of rotatable bonds is 6. The molecule has 11 heteroatoms. The van der Waals surface area contributed by atoms with Gasteiger partial charge in [0.05, 0.1) is 24.0 Å². The zero-order chi connectivity index (χ0) is 21.0. The number of nitrogens with one attached hydrogen (secondary N) is 1. The minimum atomic E-state index is -4.50. The number of pyridine rings is 1. The predicted octanol–water partition coefficient (Wildman–Crippen LogP) is 3.13. The van der Waals surface area contributed by atoms with Gasteiger partial charge in [-0.25, -0.2) is 14.5 Å². The molecule has 3 aromatic rings. The van der Waals surface area contributed by atoms with E-state index in [4.69, 9.17) is 4.74 Å². The number of esters is 1. The summed E-state index contributed by atoms with van der Waals surface area (Å²) in [5.74, 6) is -1.11. The van der Waals surface area contributed by atoms with Crippen LogP contribution in [0.3, 0.4) is 0 Å². The van der Waals surface area contributed by atoms with Crippen LogP contribution >= 0.6 is 11.3 Å². The van der Waals surface area contributed by atoms with Crippen LogP contribution in [-0.2, 0) is 22.3 Å². The third kappa shape index (κ3) is 4.99. The quantitative estimate of drug-likeness (QED) is 0.615. The molecule has 7 nitrogen and oxygen atoms in total. The number of hydrogen-bond acceptors (Lipinski definition) is 6. The molecule has 0 saturated carbocycles. The fraction of sp³-hybridized carbons (Fsp3) is 0.222. The van der Waals surface area contributed by atoms with Crippen LogP contribution in [0.15, 0.2) is 42.0 Å². The third-order valence-electron chi connectivity index (χ3n) is 3.90. The standard InChI is InChI=1S/C18H15F3N4O3S/c1-11-14(17(27)28-10-16(26)23-8-13-3-2-6-29-13)9-24-25(11)15-5-4-12(7-22-15)18(19,20)21/h2-7,9H,8,10H2,1H3,(H,23,26). The maximum atomic E-state index is 12.6. The third-order valence-corrected chi connectivity index (χ3v) is 4.77. The molecule has 0 aliphatic rings. The first-order valence-corrected chi connectivity index (χ1v) is 9.18. The molecule has 0 aromatic carbocycles. The highest BCUT2D eigenvalue weighted by Crippen LogP contribution is 2.28. The lowest BCUT2D eigenvalue weighted by molar-refractivity contribution is -0.137. The second-order valence-electron chi connectivity index (χ2n) is 5.89. The van der Waals surface area contributed by atoms with E-state index < -0.39 is 30.2 Å². The van der Waals surface area contributed by atoms with Crippen LogP contribution in [0.4, 0.5) is 13.2 Å². The highest BCUT2D eigenvalue weighted by atomic mass is 32.1. The summed E-state index contributed by atoms with van der Waals surface area (Å²) in [6.45, 7) is 1.41. The minimum absolute atomic E-state index is 0.0813. The van der Waals surface area contributed by atoms with Crippen LogP contribution in [-0.4, -0.2) is 33.2 Å². The summed E-state index contributed by atoms with van der Waals surface area (Å²) < 4.78 is 44.1. The molecule has 0 aliphatic heterocycles. The smallest absolute Gasteiger partial charge is 0.417 e. The number of hydrogen-bond donors (Lipinski definition) is 1. The zero-order valence-corrected chi connectivity index (χ0v) is 15.9. The summed E-state index contributed by atoms with van der Waals surface area (Å²) in [6, 6.07) is 5.75. The monoisotopic (exact) mass is 424 g/mol. The molecule has 3 heterocycles. The molecule has 1 amide bonds. The predicted molar refractivity (Wildman–Crippen MR) is 97.5 cm³/mol. The number of ether oxygens (including phenoxy) is 1. The van der Waals surface area contributed by atoms with Crippen LogP contribution < -0.4 is 5.32 Å². The van der Waals surface area contributed by atoms with Crippen molar-refractivity contribution in [3.63, 3.8) is 0 Å². The average molecular weight is 424 g/mol. The Labute approximate surface area is 167 Å². The highest BCUT2D eigenvalue weighted by Gasteiger charge is 2.31. The Balaban J connectivity index is 1.61. The SMILES string of the molecule is Cc1c(C(=O)OCC(=O)NCc2cccs2)cnn1-c1ccc(C(F)(F)F)cn1. The number of halogens is 3. The summed E-state index contributed by atoms with van der Waals surface area (Å²) in [6.07, 6.45) is -2.60. The first kappa shape index (κ1) is 20.5. The van der Waals surface area contributed by atoms with Crippen LogP contribution in [0.2, 0.25) is 0 Å². The normalized spacial score (nSPS) is 11.3. The van der Waals surface area contributed by atoms with E-state index in [1.165, 1.54) is 22.2 Å². The summed E-state index contributed by atoms with van der Waals surface area (Å²) in [4.78, 5) is 28.7. The second kappa shape index (κ2) is 8.43. The lowest BCUT2D eigenvalue weighted by atomic mass is 10.2. The van der Waals surface area contributed by atoms with Gasteiger partial charge in [0.25, 0.3) is 5.91 Å². The van der Waals surface area contributed by atoms with Gasteiger partial charge >= 0.3 is 12.1 Å². The van der Waals surface area contributed by atoms with E-state index in [2.05, 4.69) is 15.4 Å². The van der Waals surface area contributed by atoms with Gasteiger partial charge in [-0.3, -0.25) is 4.79 Å². The number of carbonyl (C=O) groups is 2. The van der Waals surface area contributed by atoms with Gasteiger partial charge in [0.2, 0.25) is 0 Å². The molecule has 0 bridgehead atoms. The average Bonchev–Trinajstić information content (AvgIpc) is 3.33. The van der Waals surface area contributed by atoms with E-state index in [1.54, 1.807) is 6.92 Å². The van der Waals surface area contributed by atoms with E-state index in [0.29, 0.717) is 18.4 Å². The molecule has 152 valence electrons. The van der Waals surface area contributed by atoms with Crippen LogP contribution in [0.5, 0.6) is 0 Å². The Morgan fingerprint density at radius 2 is 2.03 bits per heavy atom. The Kier molecular flexibility index (Phi) is 5.97. The maximum Gasteiger partial charge on any atom is 0.417 e. The van der Waals surface area contributed by atoms with Crippen molar-refractivity contribution in [2.24, 2.45) is 0 Å². The Morgan fingerprint density at radius 1 is 1.24 bits per heavy atom.